The van der Waals surface area contributed by atoms with Crippen molar-refractivity contribution >= 4 is 11.9 Å². The molecule has 1 fully saturated rings. The summed E-state index contributed by atoms with van der Waals surface area (Å²) in [5.74, 6) is 1.10. The Bertz CT molecular complexity index is 683. The van der Waals surface area contributed by atoms with E-state index >= 15 is 0 Å². The molecule has 0 N–H and O–H groups in total. The molecule has 0 aliphatic carbocycles. The first kappa shape index (κ1) is 16.5. The minimum absolute atomic E-state index is 0.114. The smallest absolute Gasteiger partial charge is 0.265 e. The van der Waals surface area contributed by atoms with E-state index in [2.05, 4.69) is 17.1 Å². The zero-order valence-corrected chi connectivity index (χ0v) is 14.5. The number of carbonyl (C=O) groups excluding carboxylic acids is 1. The Morgan fingerprint density at radius 2 is 2.12 bits per heavy atom. The molecule has 1 amide bonds. The number of benzene rings is 1. The van der Waals surface area contributed by atoms with Crippen LogP contribution in [0.2, 0.25) is 0 Å². The van der Waals surface area contributed by atoms with Crippen LogP contribution in [0.25, 0.3) is 0 Å². The Morgan fingerprint density at radius 1 is 1.38 bits per heavy atom. The molecule has 1 aliphatic rings. The van der Waals surface area contributed by atoms with Gasteiger partial charge < -0.3 is 14.3 Å². The Hall–Kier alpha value is -2.37. The molecule has 6 heteroatoms. The molecule has 1 aliphatic heterocycles. The van der Waals surface area contributed by atoms with Crippen LogP contribution >= 0.6 is 0 Å². The fourth-order valence-electron chi connectivity index (χ4n) is 3.27. The first-order valence-electron chi connectivity index (χ1n) is 8.48. The predicted octanol–water partition coefficient (Wildman–Crippen LogP) is 2.99. The fourth-order valence-corrected chi connectivity index (χ4v) is 3.27. The van der Waals surface area contributed by atoms with Gasteiger partial charge in [-0.05, 0) is 30.0 Å². The molecular formula is C18H24N4O2. The minimum Gasteiger partial charge on any atom is -0.344 e. The molecule has 3 rings (SSSR count). The van der Waals surface area contributed by atoms with Gasteiger partial charge in [0.05, 0.1) is 5.92 Å². The van der Waals surface area contributed by atoms with Crippen molar-refractivity contribution in [3.05, 3.63) is 41.8 Å². The molecule has 2 aromatic rings. The van der Waals surface area contributed by atoms with Gasteiger partial charge in [0.25, 0.3) is 11.8 Å². The number of hydrogen-bond acceptors (Lipinski definition) is 5. The van der Waals surface area contributed by atoms with Gasteiger partial charge in [0.15, 0.2) is 0 Å². The number of amides is 1. The number of carbonyl (C=O) groups is 1. The monoisotopic (exact) mass is 328 g/mol. The molecule has 0 spiro atoms. The average Bonchev–Trinajstić information content (AvgIpc) is 3.25. The van der Waals surface area contributed by atoms with E-state index in [1.807, 2.05) is 49.3 Å². The molecule has 2 atom stereocenters. The normalized spacial score (nSPS) is 18.6. The van der Waals surface area contributed by atoms with Gasteiger partial charge >= 0.3 is 0 Å². The second kappa shape index (κ2) is 7.03. The number of anilines is 1. The van der Waals surface area contributed by atoms with E-state index in [-0.39, 0.29) is 17.9 Å². The summed E-state index contributed by atoms with van der Waals surface area (Å²) in [6.45, 7) is 2.80. The van der Waals surface area contributed by atoms with Gasteiger partial charge in [-0.15, -0.1) is 0 Å². The van der Waals surface area contributed by atoms with E-state index in [4.69, 9.17) is 4.52 Å². The third-order valence-corrected chi connectivity index (χ3v) is 4.56. The Balaban J connectivity index is 1.82. The second-order valence-electron chi connectivity index (χ2n) is 6.39. The fraction of sp³-hybridized carbons (Fsp3) is 0.500. The van der Waals surface area contributed by atoms with Crippen LogP contribution in [0.4, 0.5) is 5.95 Å². The Morgan fingerprint density at radius 3 is 2.75 bits per heavy atom. The third kappa shape index (κ3) is 3.13. The summed E-state index contributed by atoms with van der Waals surface area (Å²) in [6.07, 6.45) is 2.60. The summed E-state index contributed by atoms with van der Waals surface area (Å²) in [7, 11) is 3.74. The van der Waals surface area contributed by atoms with Crippen molar-refractivity contribution < 1.29 is 9.32 Å². The SMILES string of the molecule is CC[C@@H](C(=O)N1CCC[C@H]1c1nc(N(C)C)no1)c1ccccc1. The molecule has 0 bridgehead atoms. The first-order valence-corrected chi connectivity index (χ1v) is 8.48. The van der Waals surface area contributed by atoms with Crippen molar-refractivity contribution in [1.29, 1.82) is 0 Å². The van der Waals surface area contributed by atoms with Crippen LogP contribution in [0.5, 0.6) is 0 Å². The number of nitrogens with zero attached hydrogens (tertiary/aromatic N) is 4. The van der Waals surface area contributed by atoms with Crippen molar-refractivity contribution in [2.75, 3.05) is 25.5 Å². The summed E-state index contributed by atoms with van der Waals surface area (Å²) in [5, 5.41) is 3.98. The molecule has 0 unspecified atom stereocenters. The number of aromatic nitrogens is 2. The lowest BCUT2D eigenvalue weighted by atomic mass is 9.94. The van der Waals surface area contributed by atoms with Gasteiger partial charge in [-0.3, -0.25) is 4.79 Å². The van der Waals surface area contributed by atoms with E-state index in [0.717, 1.165) is 31.4 Å². The maximum absolute atomic E-state index is 13.1. The van der Waals surface area contributed by atoms with Crippen molar-refractivity contribution in [2.45, 2.75) is 38.1 Å². The van der Waals surface area contributed by atoms with Crippen LogP contribution < -0.4 is 4.90 Å². The highest BCUT2D eigenvalue weighted by Gasteiger charge is 2.37. The highest BCUT2D eigenvalue weighted by Crippen LogP contribution is 2.35. The molecule has 1 aromatic heterocycles. The quantitative estimate of drug-likeness (QED) is 0.844. The van der Waals surface area contributed by atoms with Gasteiger partial charge in [-0.1, -0.05) is 37.3 Å². The summed E-state index contributed by atoms with van der Waals surface area (Å²) < 4.78 is 5.41. The van der Waals surface area contributed by atoms with Gasteiger partial charge in [-0.2, -0.15) is 4.98 Å². The zero-order chi connectivity index (χ0) is 17.1. The maximum atomic E-state index is 13.1. The van der Waals surface area contributed by atoms with Gasteiger partial charge in [0.2, 0.25) is 5.91 Å². The van der Waals surface area contributed by atoms with Gasteiger partial charge in [0, 0.05) is 20.6 Å². The van der Waals surface area contributed by atoms with Crippen LogP contribution in [0.1, 0.15) is 49.6 Å². The topological polar surface area (TPSA) is 62.5 Å². The second-order valence-corrected chi connectivity index (χ2v) is 6.39. The molecule has 1 aromatic carbocycles. The first-order chi connectivity index (χ1) is 11.6. The minimum atomic E-state index is -0.122. The van der Waals surface area contributed by atoms with E-state index in [1.165, 1.54) is 0 Å². The molecule has 0 saturated carbocycles. The third-order valence-electron chi connectivity index (χ3n) is 4.56. The average molecular weight is 328 g/mol. The van der Waals surface area contributed by atoms with Crippen molar-refractivity contribution in [3.63, 3.8) is 0 Å². The van der Waals surface area contributed by atoms with Crippen LogP contribution in [0, 0.1) is 0 Å². The lowest BCUT2D eigenvalue weighted by molar-refractivity contribution is -0.134. The summed E-state index contributed by atoms with van der Waals surface area (Å²) in [4.78, 5) is 21.3. The van der Waals surface area contributed by atoms with Crippen molar-refractivity contribution in [1.82, 2.24) is 15.0 Å². The zero-order valence-electron chi connectivity index (χ0n) is 14.5. The van der Waals surface area contributed by atoms with E-state index in [0.29, 0.717) is 11.8 Å². The van der Waals surface area contributed by atoms with Crippen LogP contribution in [0.15, 0.2) is 34.9 Å². The molecule has 0 radical (unpaired) electrons. The molecule has 1 saturated heterocycles. The summed E-state index contributed by atoms with van der Waals surface area (Å²) in [5.41, 5.74) is 1.06. The molecule has 6 nitrogen and oxygen atoms in total. The molecule has 2 heterocycles. The van der Waals surface area contributed by atoms with Crippen molar-refractivity contribution in [2.24, 2.45) is 0 Å². The molecule has 128 valence electrons. The summed E-state index contributed by atoms with van der Waals surface area (Å²) >= 11 is 0. The Labute approximate surface area is 142 Å². The number of likely N-dealkylation sites (tertiary alicyclic amines) is 1. The number of hydrogen-bond donors (Lipinski definition) is 0. The maximum Gasteiger partial charge on any atom is 0.265 e. The lowest BCUT2D eigenvalue weighted by Gasteiger charge is -2.26. The van der Waals surface area contributed by atoms with Crippen LogP contribution in [0.3, 0.4) is 0 Å². The van der Waals surface area contributed by atoms with E-state index < -0.39 is 0 Å². The largest absolute Gasteiger partial charge is 0.344 e. The van der Waals surface area contributed by atoms with Crippen molar-refractivity contribution in [3.8, 4) is 0 Å². The molecule has 24 heavy (non-hydrogen) atoms. The standard InChI is InChI=1S/C18H24N4O2/c1-4-14(13-9-6-5-7-10-13)17(23)22-12-8-11-15(22)16-19-18(20-24-16)21(2)3/h5-7,9-10,14-15H,4,8,11-12H2,1-3H3/t14-,15+/m1/s1. The summed E-state index contributed by atoms with van der Waals surface area (Å²) in [6, 6.07) is 9.86. The van der Waals surface area contributed by atoms with Crippen LogP contribution in [-0.2, 0) is 4.79 Å². The van der Waals surface area contributed by atoms with E-state index in [1.54, 1.807) is 4.90 Å². The van der Waals surface area contributed by atoms with Gasteiger partial charge in [-0.25, -0.2) is 0 Å². The van der Waals surface area contributed by atoms with E-state index in [9.17, 15) is 4.79 Å². The number of rotatable bonds is 5. The Kier molecular flexibility index (Phi) is 4.83. The van der Waals surface area contributed by atoms with Crippen LogP contribution in [-0.4, -0.2) is 41.6 Å². The lowest BCUT2D eigenvalue weighted by Crippen LogP contribution is -2.34. The predicted molar refractivity (Wildman–Crippen MR) is 91.8 cm³/mol. The van der Waals surface area contributed by atoms with Gasteiger partial charge in [0.1, 0.15) is 6.04 Å². The molecular weight excluding hydrogens is 304 g/mol. The highest BCUT2D eigenvalue weighted by molar-refractivity contribution is 5.84. The highest BCUT2D eigenvalue weighted by atomic mass is 16.5.